The zero-order valence-electron chi connectivity index (χ0n) is 14.0. The van der Waals surface area contributed by atoms with Crippen molar-refractivity contribution in [1.82, 2.24) is 0 Å². The number of rotatable bonds is 9. The quantitative estimate of drug-likeness (QED) is 0.639. The minimum absolute atomic E-state index is 0.218. The van der Waals surface area contributed by atoms with Crippen molar-refractivity contribution < 1.29 is 28.5 Å². The van der Waals surface area contributed by atoms with E-state index in [0.29, 0.717) is 24.6 Å². The van der Waals surface area contributed by atoms with E-state index < -0.39 is 0 Å². The van der Waals surface area contributed by atoms with Gasteiger partial charge in [0.15, 0.2) is 0 Å². The average molecular weight is 325 g/mol. The second-order valence-corrected chi connectivity index (χ2v) is 4.70. The summed E-state index contributed by atoms with van der Waals surface area (Å²) in [7, 11) is 3.15. The van der Waals surface area contributed by atoms with Crippen LogP contribution < -0.4 is 14.4 Å². The highest BCUT2D eigenvalue weighted by atomic mass is 16.5. The van der Waals surface area contributed by atoms with Crippen LogP contribution in [0.5, 0.6) is 11.5 Å². The van der Waals surface area contributed by atoms with Gasteiger partial charge in [-0.2, -0.15) is 0 Å². The summed E-state index contributed by atoms with van der Waals surface area (Å²) in [6.07, 6.45) is 0. The van der Waals surface area contributed by atoms with Crippen molar-refractivity contribution in [2.45, 2.75) is 13.8 Å². The molecule has 0 saturated carbocycles. The molecule has 0 atom stereocenters. The van der Waals surface area contributed by atoms with Crippen LogP contribution >= 0.6 is 0 Å². The summed E-state index contributed by atoms with van der Waals surface area (Å²) in [6.45, 7) is 4.02. The number of esters is 2. The maximum Gasteiger partial charge on any atom is 0.302 e. The normalized spacial score (nSPS) is 9.91. The summed E-state index contributed by atoms with van der Waals surface area (Å²) in [6, 6.07) is 5.40. The minimum Gasteiger partial charge on any atom is -0.497 e. The zero-order chi connectivity index (χ0) is 17.2. The summed E-state index contributed by atoms with van der Waals surface area (Å²) in [5.41, 5.74) is 0.770. The van der Waals surface area contributed by atoms with Crippen LogP contribution in [0.3, 0.4) is 0 Å². The number of methoxy groups -OCH3 is 2. The topological polar surface area (TPSA) is 74.3 Å². The van der Waals surface area contributed by atoms with E-state index in [1.54, 1.807) is 26.4 Å². The third-order valence-corrected chi connectivity index (χ3v) is 3.06. The molecule has 7 nitrogen and oxygen atoms in total. The number of ether oxygens (including phenoxy) is 4. The first-order chi connectivity index (χ1) is 11.0. The zero-order valence-corrected chi connectivity index (χ0v) is 14.0. The molecule has 23 heavy (non-hydrogen) atoms. The van der Waals surface area contributed by atoms with Crippen LogP contribution in [0.4, 0.5) is 5.69 Å². The van der Waals surface area contributed by atoms with E-state index in [2.05, 4.69) is 0 Å². The Labute approximate surface area is 136 Å². The first-order valence-electron chi connectivity index (χ1n) is 7.21. The maximum absolute atomic E-state index is 10.9. The van der Waals surface area contributed by atoms with Crippen molar-refractivity contribution in [2.24, 2.45) is 0 Å². The van der Waals surface area contributed by atoms with Crippen LogP contribution in [0.2, 0.25) is 0 Å². The molecule has 0 bridgehead atoms. The number of anilines is 1. The minimum atomic E-state index is -0.345. The van der Waals surface area contributed by atoms with E-state index in [4.69, 9.17) is 18.9 Å². The molecule has 0 unspecified atom stereocenters. The van der Waals surface area contributed by atoms with Gasteiger partial charge in [-0.15, -0.1) is 0 Å². The number of carbonyl (C=O) groups is 2. The molecule has 0 spiro atoms. The molecular weight excluding hydrogens is 302 g/mol. The van der Waals surface area contributed by atoms with Crippen LogP contribution in [-0.2, 0) is 19.1 Å². The van der Waals surface area contributed by atoms with Gasteiger partial charge in [-0.05, 0) is 12.1 Å². The number of benzene rings is 1. The van der Waals surface area contributed by atoms with Crippen LogP contribution in [0.15, 0.2) is 18.2 Å². The lowest BCUT2D eigenvalue weighted by Crippen LogP contribution is -2.32. The Morgan fingerprint density at radius 1 is 0.957 bits per heavy atom. The molecule has 0 heterocycles. The fraction of sp³-hybridized carbons (Fsp3) is 0.500. The van der Waals surface area contributed by atoms with E-state index in [1.807, 2.05) is 11.0 Å². The molecule has 0 aliphatic rings. The lowest BCUT2D eigenvalue weighted by molar-refractivity contribution is -0.141. The molecule has 1 aromatic rings. The van der Waals surface area contributed by atoms with Gasteiger partial charge in [-0.3, -0.25) is 9.59 Å². The van der Waals surface area contributed by atoms with E-state index in [1.165, 1.54) is 13.8 Å². The first-order valence-corrected chi connectivity index (χ1v) is 7.21. The lowest BCUT2D eigenvalue weighted by atomic mass is 10.2. The predicted octanol–water partition coefficient (Wildman–Crippen LogP) is 1.64. The van der Waals surface area contributed by atoms with E-state index in [-0.39, 0.29) is 25.2 Å². The fourth-order valence-corrected chi connectivity index (χ4v) is 2.00. The molecule has 0 aliphatic heterocycles. The van der Waals surface area contributed by atoms with Crippen molar-refractivity contribution >= 4 is 17.6 Å². The summed E-state index contributed by atoms with van der Waals surface area (Å²) in [5, 5.41) is 0. The standard InChI is InChI=1S/C16H23NO6/c1-12(18)22-9-7-17(8-10-23-13(2)19)15-11-14(20-3)5-6-16(15)21-4/h5-6,11H,7-10H2,1-4H3. The van der Waals surface area contributed by atoms with E-state index in [9.17, 15) is 9.59 Å². The van der Waals surface area contributed by atoms with Crippen molar-refractivity contribution in [3.8, 4) is 11.5 Å². The summed E-state index contributed by atoms with van der Waals surface area (Å²) < 4.78 is 20.6. The second kappa shape index (κ2) is 9.55. The molecule has 0 fully saturated rings. The molecule has 0 aromatic heterocycles. The molecule has 0 amide bonds. The Kier molecular flexibility index (Phi) is 7.73. The SMILES string of the molecule is COc1ccc(OC)c(N(CCOC(C)=O)CCOC(C)=O)c1. The third-order valence-electron chi connectivity index (χ3n) is 3.06. The molecule has 0 aliphatic carbocycles. The predicted molar refractivity (Wildman–Crippen MR) is 85.0 cm³/mol. The van der Waals surface area contributed by atoms with Gasteiger partial charge < -0.3 is 23.8 Å². The Morgan fingerprint density at radius 3 is 1.96 bits per heavy atom. The number of carbonyl (C=O) groups excluding carboxylic acids is 2. The highest BCUT2D eigenvalue weighted by Gasteiger charge is 2.14. The average Bonchev–Trinajstić information content (AvgIpc) is 2.52. The molecule has 0 radical (unpaired) electrons. The lowest BCUT2D eigenvalue weighted by Gasteiger charge is -2.26. The van der Waals surface area contributed by atoms with Gasteiger partial charge in [-0.25, -0.2) is 0 Å². The Morgan fingerprint density at radius 2 is 1.52 bits per heavy atom. The fourth-order valence-electron chi connectivity index (χ4n) is 2.00. The van der Waals surface area contributed by atoms with Crippen LogP contribution in [0, 0.1) is 0 Å². The Balaban J connectivity index is 2.91. The Hall–Kier alpha value is -2.44. The van der Waals surface area contributed by atoms with Crippen molar-refractivity contribution in [1.29, 1.82) is 0 Å². The molecule has 0 N–H and O–H groups in total. The summed E-state index contributed by atoms with van der Waals surface area (Å²) >= 11 is 0. The van der Waals surface area contributed by atoms with Gasteiger partial charge in [0.1, 0.15) is 24.7 Å². The molecule has 7 heteroatoms. The van der Waals surface area contributed by atoms with Gasteiger partial charge in [0.2, 0.25) is 0 Å². The summed E-state index contributed by atoms with van der Waals surface area (Å²) in [4.78, 5) is 23.8. The van der Waals surface area contributed by atoms with Crippen LogP contribution in [0.1, 0.15) is 13.8 Å². The molecular formula is C16H23NO6. The van der Waals surface area contributed by atoms with Crippen molar-refractivity contribution in [3.05, 3.63) is 18.2 Å². The largest absolute Gasteiger partial charge is 0.497 e. The first kappa shape index (κ1) is 18.6. The van der Waals surface area contributed by atoms with Crippen molar-refractivity contribution in [2.75, 3.05) is 45.4 Å². The van der Waals surface area contributed by atoms with Gasteiger partial charge in [0.25, 0.3) is 0 Å². The smallest absolute Gasteiger partial charge is 0.302 e. The number of nitrogens with zero attached hydrogens (tertiary/aromatic N) is 1. The highest BCUT2D eigenvalue weighted by Crippen LogP contribution is 2.32. The van der Waals surface area contributed by atoms with Crippen molar-refractivity contribution in [3.63, 3.8) is 0 Å². The Bertz CT molecular complexity index is 511. The van der Waals surface area contributed by atoms with Crippen LogP contribution in [0.25, 0.3) is 0 Å². The second-order valence-electron chi connectivity index (χ2n) is 4.70. The summed E-state index contributed by atoms with van der Waals surface area (Å²) in [5.74, 6) is 0.632. The van der Waals surface area contributed by atoms with Gasteiger partial charge in [0.05, 0.1) is 33.0 Å². The molecule has 1 aromatic carbocycles. The third kappa shape index (κ3) is 6.46. The highest BCUT2D eigenvalue weighted by molar-refractivity contribution is 5.66. The van der Waals surface area contributed by atoms with Gasteiger partial charge >= 0.3 is 11.9 Å². The number of hydrogen-bond acceptors (Lipinski definition) is 7. The molecule has 1 rings (SSSR count). The molecule has 0 saturated heterocycles. The monoisotopic (exact) mass is 325 g/mol. The van der Waals surface area contributed by atoms with Gasteiger partial charge in [-0.1, -0.05) is 0 Å². The van der Waals surface area contributed by atoms with Crippen LogP contribution in [-0.4, -0.2) is 52.5 Å². The van der Waals surface area contributed by atoms with E-state index in [0.717, 1.165) is 5.69 Å². The van der Waals surface area contributed by atoms with Gasteiger partial charge in [0, 0.05) is 19.9 Å². The number of hydrogen-bond donors (Lipinski definition) is 0. The van der Waals surface area contributed by atoms with E-state index >= 15 is 0 Å². The molecule has 128 valence electrons. The maximum atomic E-state index is 10.9.